The first-order valence-corrected chi connectivity index (χ1v) is 7.58. The fraction of sp³-hybridized carbons (Fsp3) is 1.00. The Balaban J connectivity index is 1.99. The van der Waals surface area contributed by atoms with Gasteiger partial charge < -0.3 is 5.32 Å². The number of rotatable bonds is 4. The van der Waals surface area contributed by atoms with Crippen LogP contribution < -0.4 is 5.32 Å². The summed E-state index contributed by atoms with van der Waals surface area (Å²) in [6.07, 6.45) is 15.0. The second-order valence-corrected chi connectivity index (χ2v) is 6.04. The molecule has 0 aliphatic heterocycles. The summed E-state index contributed by atoms with van der Waals surface area (Å²) in [6, 6.07) is 0. The largest absolute Gasteiger partial charge is 0.316 e. The Bertz CT molecular complexity index is 188. The SMILES string of the molecule is CCNCC1(C2CCCCC2)CCCCC1. The van der Waals surface area contributed by atoms with Crippen molar-refractivity contribution in [2.24, 2.45) is 11.3 Å². The van der Waals surface area contributed by atoms with Gasteiger partial charge in [-0.3, -0.25) is 0 Å². The van der Waals surface area contributed by atoms with E-state index >= 15 is 0 Å². The predicted octanol–water partition coefficient (Wildman–Crippen LogP) is 4.13. The van der Waals surface area contributed by atoms with E-state index in [0.29, 0.717) is 5.41 Å². The second-order valence-electron chi connectivity index (χ2n) is 6.04. The maximum absolute atomic E-state index is 3.66. The molecule has 94 valence electrons. The quantitative estimate of drug-likeness (QED) is 0.755. The molecule has 0 bridgehead atoms. The smallest absolute Gasteiger partial charge is 0.00103 e. The Morgan fingerprint density at radius 1 is 0.938 bits per heavy atom. The molecule has 2 rings (SSSR count). The van der Waals surface area contributed by atoms with Crippen molar-refractivity contribution in [2.45, 2.75) is 71.1 Å². The van der Waals surface area contributed by atoms with Crippen LogP contribution in [0.4, 0.5) is 0 Å². The van der Waals surface area contributed by atoms with Gasteiger partial charge in [0.05, 0.1) is 0 Å². The Labute approximate surface area is 101 Å². The summed E-state index contributed by atoms with van der Waals surface area (Å²) >= 11 is 0. The van der Waals surface area contributed by atoms with Gasteiger partial charge >= 0.3 is 0 Å². The summed E-state index contributed by atoms with van der Waals surface area (Å²) in [5, 5.41) is 3.66. The zero-order chi connectivity index (χ0) is 11.3. The minimum absolute atomic E-state index is 0.689. The average Bonchev–Trinajstić information content (AvgIpc) is 2.38. The van der Waals surface area contributed by atoms with E-state index in [2.05, 4.69) is 12.2 Å². The highest BCUT2D eigenvalue weighted by molar-refractivity contribution is 4.91. The minimum Gasteiger partial charge on any atom is -0.316 e. The van der Waals surface area contributed by atoms with Crippen LogP contribution in [0.15, 0.2) is 0 Å². The lowest BCUT2D eigenvalue weighted by molar-refractivity contribution is 0.0671. The van der Waals surface area contributed by atoms with Crippen LogP contribution in [0.5, 0.6) is 0 Å². The predicted molar refractivity (Wildman–Crippen MR) is 70.6 cm³/mol. The van der Waals surface area contributed by atoms with Crippen molar-refractivity contribution in [1.29, 1.82) is 0 Å². The molecule has 0 aromatic heterocycles. The first-order valence-electron chi connectivity index (χ1n) is 7.58. The highest BCUT2D eigenvalue weighted by atomic mass is 14.9. The van der Waals surface area contributed by atoms with Gasteiger partial charge in [-0.1, -0.05) is 45.4 Å². The highest BCUT2D eigenvalue weighted by Crippen LogP contribution is 2.47. The second kappa shape index (κ2) is 6.05. The van der Waals surface area contributed by atoms with Crippen LogP contribution in [-0.2, 0) is 0 Å². The molecule has 1 N–H and O–H groups in total. The fourth-order valence-corrected chi connectivity index (χ4v) is 4.07. The lowest BCUT2D eigenvalue weighted by atomic mass is 9.61. The lowest BCUT2D eigenvalue weighted by Crippen LogP contribution is -2.42. The van der Waals surface area contributed by atoms with Crippen molar-refractivity contribution < 1.29 is 0 Å². The van der Waals surface area contributed by atoms with E-state index < -0.39 is 0 Å². The Morgan fingerprint density at radius 3 is 2.19 bits per heavy atom. The van der Waals surface area contributed by atoms with Crippen LogP contribution in [-0.4, -0.2) is 13.1 Å². The molecule has 1 heteroatoms. The molecule has 16 heavy (non-hydrogen) atoms. The van der Waals surface area contributed by atoms with Crippen LogP contribution in [0.1, 0.15) is 71.1 Å². The van der Waals surface area contributed by atoms with Gasteiger partial charge in [-0.2, -0.15) is 0 Å². The molecule has 0 amide bonds. The summed E-state index contributed by atoms with van der Waals surface area (Å²) in [6.45, 7) is 4.69. The third-order valence-corrected chi connectivity index (χ3v) is 5.05. The van der Waals surface area contributed by atoms with Gasteiger partial charge in [0.2, 0.25) is 0 Å². The molecule has 0 aromatic carbocycles. The number of hydrogen-bond donors (Lipinski definition) is 1. The van der Waals surface area contributed by atoms with Gasteiger partial charge in [0.1, 0.15) is 0 Å². The van der Waals surface area contributed by atoms with E-state index in [9.17, 15) is 0 Å². The normalized spacial score (nSPS) is 26.8. The summed E-state index contributed by atoms with van der Waals surface area (Å²) in [5.74, 6) is 1.04. The summed E-state index contributed by atoms with van der Waals surface area (Å²) in [5.41, 5.74) is 0.689. The number of hydrogen-bond acceptors (Lipinski definition) is 1. The van der Waals surface area contributed by atoms with Gasteiger partial charge in [0.25, 0.3) is 0 Å². The molecule has 0 heterocycles. The molecule has 2 aliphatic carbocycles. The summed E-state index contributed by atoms with van der Waals surface area (Å²) < 4.78 is 0. The van der Waals surface area contributed by atoms with E-state index in [-0.39, 0.29) is 0 Å². The van der Waals surface area contributed by atoms with Crippen molar-refractivity contribution >= 4 is 0 Å². The van der Waals surface area contributed by atoms with Gasteiger partial charge in [-0.15, -0.1) is 0 Å². The van der Waals surface area contributed by atoms with Crippen LogP contribution in [0.25, 0.3) is 0 Å². The van der Waals surface area contributed by atoms with Crippen molar-refractivity contribution in [1.82, 2.24) is 5.32 Å². The maximum atomic E-state index is 3.66. The van der Waals surface area contributed by atoms with E-state index in [0.717, 1.165) is 12.5 Å². The molecule has 2 aliphatic rings. The van der Waals surface area contributed by atoms with E-state index in [1.54, 1.807) is 0 Å². The number of nitrogens with one attached hydrogen (secondary N) is 1. The van der Waals surface area contributed by atoms with Crippen LogP contribution in [0.2, 0.25) is 0 Å². The molecular formula is C15H29N. The zero-order valence-corrected chi connectivity index (χ0v) is 11.1. The van der Waals surface area contributed by atoms with Crippen LogP contribution in [0.3, 0.4) is 0 Å². The lowest BCUT2D eigenvalue weighted by Gasteiger charge is -2.45. The van der Waals surface area contributed by atoms with Crippen LogP contribution in [0, 0.1) is 11.3 Å². The van der Waals surface area contributed by atoms with Crippen molar-refractivity contribution in [3.8, 4) is 0 Å². The van der Waals surface area contributed by atoms with Gasteiger partial charge in [-0.05, 0) is 43.6 Å². The Hall–Kier alpha value is -0.0400. The van der Waals surface area contributed by atoms with Crippen molar-refractivity contribution in [2.75, 3.05) is 13.1 Å². The van der Waals surface area contributed by atoms with Crippen molar-refractivity contribution in [3.05, 3.63) is 0 Å². The monoisotopic (exact) mass is 223 g/mol. The van der Waals surface area contributed by atoms with Crippen molar-refractivity contribution in [3.63, 3.8) is 0 Å². The molecule has 1 nitrogen and oxygen atoms in total. The first kappa shape index (κ1) is 12.4. The molecule has 0 unspecified atom stereocenters. The molecular weight excluding hydrogens is 194 g/mol. The van der Waals surface area contributed by atoms with E-state index in [4.69, 9.17) is 0 Å². The van der Waals surface area contributed by atoms with E-state index in [1.807, 2.05) is 0 Å². The molecule has 0 spiro atoms. The van der Waals surface area contributed by atoms with Gasteiger partial charge in [-0.25, -0.2) is 0 Å². The third kappa shape index (κ3) is 2.80. The Morgan fingerprint density at radius 2 is 1.56 bits per heavy atom. The average molecular weight is 223 g/mol. The van der Waals surface area contributed by atoms with Gasteiger partial charge in [0.15, 0.2) is 0 Å². The zero-order valence-electron chi connectivity index (χ0n) is 11.1. The first-order chi connectivity index (χ1) is 7.87. The molecule has 2 saturated carbocycles. The van der Waals surface area contributed by atoms with E-state index in [1.165, 1.54) is 70.8 Å². The molecule has 0 radical (unpaired) electrons. The summed E-state index contributed by atoms with van der Waals surface area (Å²) in [4.78, 5) is 0. The molecule has 0 atom stereocenters. The highest BCUT2D eigenvalue weighted by Gasteiger charge is 2.39. The third-order valence-electron chi connectivity index (χ3n) is 5.05. The molecule has 2 fully saturated rings. The van der Waals surface area contributed by atoms with Gasteiger partial charge in [0, 0.05) is 6.54 Å². The van der Waals surface area contributed by atoms with Crippen LogP contribution >= 0.6 is 0 Å². The fourth-order valence-electron chi connectivity index (χ4n) is 4.07. The maximum Gasteiger partial charge on any atom is 0.00103 e. The Kier molecular flexibility index (Phi) is 4.69. The standard InChI is InChI=1S/C15H29N/c1-2-16-13-15(11-7-4-8-12-15)14-9-5-3-6-10-14/h14,16H,2-13H2,1H3. The summed E-state index contributed by atoms with van der Waals surface area (Å²) in [7, 11) is 0. The molecule has 0 saturated heterocycles. The molecule has 0 aromatic rings. The topological polar surface area (TPSA) is 12.0 Å². The minimum atomic E-state index is 0.689.